The second-order valence-corrected chi connectivity index (χ2v) is 10.5. The minimum absolute atomic E-state index is 0.216. The summed E-state index contributed by atoms with van der Waals surface area (Å²) in [4.78, 5) is 26.9. The molecule has 0 spiro atoms. The van der Waals surface area contributed by atoms with Gasteiger partial charge in [0, 0.05) is 70.7 Å². The third kappa shape index (κ3) is 6.47. The summed E-state index contributed by atoms with van der Waals surface area (Å²) in [6.45, 7) is 7.05. The Hall–Kier alpha value is -5.70. The van der Waals surface area contributed by atoms with Crippen molar-refractivity contribution in [2.75, 3.05) is 23.8 Å². The van der Waals surface area contributed by atoms with E-state index in [1.807, 2.05) is 117 Å². The first-order valence-electron chi connectivity index (χ1n) is 14.9. The second-order valence-electron chi connectivity index (χ2n) is 10.5. The van der Waals surface area contributed by atoms with E-state index in [4.69, 9.17) is 14.5 Å². The maximum atomic E-state index is 13.4. The molecular weight excluding hydrogens is 564 g/mol. The summed E-state index contributed by atoms with van der Waals surface area (Å²) in [6.07, 6.45) is 5.60. The average molecular weight is 599 g/mol. The fourth-order valence-corrected chi connectivity index (χ4v) is 5.15. The van der Waals surface area contributed by atoms with Gasteiger partial charge in [-0.1, -0.05) is 12.1 Å². The summed E-state index contributed by atoms with van der Waals surface area (Å²) in [7, 11) is 1.99. The molecule has 0 fully saturated rings. The predicted octanol–water partition coefficient (Wildman–Crippen LogP) is 7.80. The lowest BCUT2D eigenvalue weighted by atomic mass is 10.1. The van der Waals surface area contributed by atoms with Gasteiger partial charge in [-0.2, -0.15) is 0 Å². The van der Waals surface area contributed by atoms with Crippen LogP contribution in [-0.4, -0.2) is 38.6 Å². The number of carbonyl (C=O) groups excluding carboxylic acids is 1. The van der Waals surface area contributed by atoms with E-state index < -0.39 is 0 Å². The normalized spacial score (nSPS) is 10.9. The Morgan fingerprint density at radius 3 is 2.42 bits per heavy atom. The maximum Gasteiger partial charge on any atom is 0.255 e. The summed E-state index contributed by atoms with van der Waals surface area (Å²) < 4.78 is 13.1. The molecule has 0 bridgehead atoms. The van der Waals surface area contributed by atoms with Crippen molar-refractivity contribution in [3.05, 3.63) is 109 Å². The summed E-state index contributed by atoms with van der Waals surface area (Å²) in [5.41, 5.74) is 7.70. The smallest absolute Gasteiger partial charge is 0.255 e. The van der Waals surface area contributed by atoms with Crippen LogP contribution in [0.15, 0.2) is 97.5 Å². The first-order valence-corrected chi connectivity index (χ1v) is 14.9. The zero-order valence-electron chi connectivity index (χ0n) is 25.7. The molecule has 3 aromatic heterocycles. The van der Waals surface area contributed by atoms with Gasteiger partial charge in [-0.15, -0.1) is 0 Å². The molecule has 9 heteroatoms. The van der Waals surface area contributed by atoms with E-state index >= 15 is 0 Å². The minimum atomic E-state index is -0.216. The molecule has 45 heavy (non-hydrogen) atoms. The molecule has 226 valence electrons. The molecule has 6 rings (SSSR count). The highest BCUT2D eigenvalue weighted by atomic mass is 16.5. The monoisotopic (exact) mass is 598 g/mol. The van der Waals surface area contributed by atoms with Gasteiger partial charge in [0.05, 0.1) is 24.4 Å². The lowest BCUT2D eigenvalue weighted by Crippen LogP contribution is -2.12. The molecule has 3 aromatic carbocycles. The number of amides is 1. The standard InChI is InChI=1S/C36H34N6O3/c1-5-44-28-13-9-24(10-14-28)31-17-18-37-36(40-31)41-32-19-25(8-7-23(32)3)35(43)39-27-12-15-29-30(22-42(4)33(29)20-27)26-11-16-34(38-21-26)45-6-2/h7-22H,5-6H2,1-4H3,(H,39,43)(H,37,40,41). The number of carbonyl (C=O) groups is 1. The summed E-state index contributed by atoms with van der Waals surface area (Å²) >= 11 is 0. The molecule has 0 atom stereocenters. The number of ether oxygens (including phenoxy) is 2. The van der Waals surface area contributed by atoms with Crippen LogP contribution in [0.5, 0.6) is 11.6 Å². The van der Waals surface area contributed by atoms with Gasteiger partial charge in [0.15, 0.2) is 0 Å². The number of aryl methyl sites for hydroxylation is 2. The fourth-order valence-electron chi connectivity index (χ4n) is 5.15. The van der Waals surface area contributed by atoms with E-state index in [1.165, 1.54) is 0 Å². The summed E-state index contributed by atoms with van der Waals surface area (Å²) in [6, 6.07) is 25.0. The SMILES string of the molecule is CCOc1ccc(-c2ccnc(Nc3cc(C(=O)Nc4ccc5c(-c6ccc(OCC)nc6)cn(C)c5c4)ccc3C)n2)cc1. The molecule has 9 nitrogen and oxygen atoms in total. The molecule has 0 aliphatic heterocycles. The highest BCUT2D eigenvalue weighted by Crippen LogP contribution is 2.32. The largest absolute Gasteiger partial charge is 0.494 e. The molecule has 3 heterocycles. The van der Waals surface area contributed by atoms with Crippen LogP contribution in [0, 0.1) is 6.92 Å². The van der Waals surface area contributed by atoms with Crippen LogP contribution in [-0.2, 0) is 7.05 Å². The third-order valence-corrected chi connectivity index (χ3v) is 7.45. The number of nitrogens with zero attached hydrogens (tertiary/aromatic N) is 4. The molecule has 6 aromatic rings. The van der Waals surface area contributed by atoms with Gasteiger partial charge in [0.2, 0.25) is 11.8 Å². The van der Waals surface area contributed by atoms with Crippen LogP contribution >= 0.6 is 0 Å². The van der Waals surface area contributed by atoms with Gasteiger partial charge in [0.25, 0.3) is 5.91 Å². The van der Waals surface area contributed by atoms with Crippen molar-refractivity contribution in [1.29, 1.82) is 0 Å². The van der Waals surface area contributed by atoms with Crippen LogP contribution < -0.4 is 20.1 Å². The second kappa shape index (κ2) is 12.9. The minimum Gasteiger partial charge on any atom is -0.494 e. The molecule has 0 aliphatic rings. The molecule has 0 saturated carbocycles. The Balaban J connectivity index is 1.19. The van der Waals surface area contributed by atoms with Crippen LogP contribution in [0.2, 0.25) is 0 Å². The summed E-state index contributed by atoms with van der Waals surface area (Å²) in [5.74, 6) is 1.64. The number of nitrogens with one attached hydrogen (secondary N) is 2. The molecule has 0 unspecified atom stereocenters. The Morgan fingerprint density at radius 2 is 1.67 bits per heavy atom. The molecule has 0 radical (unpaired) electrons. The van der Waals surface area contributed by atoms with Crippen molar-refractivity contribution < 1.29 is 14.3 Å². The zero-order valence-corrected chi connectivity index (χ0v) is 25.7. The first kappa shape index (κ1) is 29.4. The summed E-state index contributed by atoms with van der Waals surface area (Å²) in [5, 5.41) is 7.41. The number of benzene rings is 3. The fraction of sp³-hybridized carbons (Fsp3) is 0.167. The molecule has 0 saturated heterocycles. The first-order chi connectivity index (χ1) is 21.9. The van der Waals surface area contributed by atoms with Crippen molar-refractivity contribution in [3.63, 3.8) is 0 Å². The van der Waals surface area contributed by atoms with Gasteiger partial charge in [0.1, 0.15) is 5.75 Å². The van der Waals surface area contributed by atoms with Gasteiger partial charge in [-0.05, 0) is 87.0 Å². The number of aromatic nitrogens is 4. The number of anilines is 3. The molecule has 2 N–H and O–H groups in total. The third-order valence-electron chi connectivity index (χ3n) is 7.45. The van der Waals surface area contributed by atoms with Gasteiger partial charge in [-0.25, -0.2) is 15.0 Å². The van der Waals surface area contributed by atoms with E-state index in [0.29, 0.717) is 36.3 Å². The average Bonchev–Trinajstić information content (AvgIpc) is 3.38. The number of hydrogen-bond donors (Lipinski definition) is 2. The lowest BCUT2D eigenvalue weighted by molar-refractivity contribution is 0.102. The topological polar surface area (TPSA) is 103 Å². The maximum absolute atomic E-state index is 13.4. The molecule has 0 aliphatic carbocycles. The van der Waals surface area contributed by atoms with Crippen molar-refractivity contribution in [2.45, 2.75) is 20.8 Å². The Kier molecular flexibility index (Phi) is 8.41. The van der Waals surface area contributed by atoms with E-state index in [1.54, 1.807) is 6.20 Å². The van der Waals surface area contributed by atoms with Crippen LogP contribution in [0.1, 0.15) is 29.8 Å². The zero-order chi connectivity index (χ0) is 31.3. The number of rotatable bonds is 10. The Labute approximate surface area is 261 Å². The van der Waals surface area contributed by atoms with Crippen LogP contribution in [0.25, 0.3) is 33.3 Å². The van der Waals surface area contributed by atoms with Crippen molar-refractivity contribution >= 4 is 34.1 Å². The van der Waals surface area contributed by atoms with E-state index in [0.717, 1.165) is 50.3 Å². The van der Waals surface area contributed by atoms with Crippen LogP contribution in [0.4, 0.5) is 17.3 Å². The van der Waals surface area contributed by atoms with Gasteiger partial charge in [-0.3, -0.25) is 4.79 Å². The van der Waals surface area contributed by atoms with E-state index in [2.05, 4.69) is 26.8 Å². The Morgan fingerprint density at radius 1 is 0.867 bits per heavy atom. The van der Waals surface area contributed by atoms with Crippen molar-refractivity contribution in [1.82, 2.24) is 19.5 Å². The lowest BCUT2D eigenvalue weighted by Gasteiger charge is -2.12. The number of fused-ring (bicyclic) bond motifs is 1. The molecular formula is C36H34N6O3. The van der Waals surface area contributed by atoms with E-state index in [-0.39, 0.29) is 5.91 Å². The number of hydrogen-bond acceptors (Lipinski definition) is 7. The predicted molar refractivity (Wildman–Crippen MR) is 178 cm³/mol. The van der Waals surface area contributed by atoms with Gasteiger partial charge >= 0.3 is 0 Å². The van der Waals surface area contributed by atoms with E-state index in [9.17, 15) is 4.79 Å². The van der Waals surface area contributed by atoms with Crippen molar-refractivity contribution in [2.24, 2.45) is 7.05 Å². The Bertz CT molecular complexity index is 1970. The van der Waals surface area contributed by atoms with Crippen molar-refractivity contribution in [3.8, 4) is 34.0 Å². The highest BCUT2D eigenvalue weighted by molar-refractivity contribution is 6.06. The van der Waals surface area contributed by atoms with Gasteiger partial charge < -0.3 is 24.7 Å². The highest BCUT2D eigenvalue weighted by Gasteiger charge is 2.14. The molecule has 1 amide bonds. The quantitative estimate of drug-likeness (QED) is 0.166. The van der Waals surface area contributed by atoms with Crippen LogP contribution in [0.3, 0.4) is 0 Å². The number of pyridine rings is 1.